The summed E-state index contributed by atoms with van der Waals surface area (Å²) in [6, 6.07) is 9.51. The SMILES string of the molecule is COc1ccc(C2=C(O)C(=O)N(c3ccc(C)c(Cl)c3)C2=O)cc1OC. The first-order valence-electron chi connectivity index (χ1n) is 7.69. The third-order valence-electron chi connectivity index (χ3n) is 4.15. The lowest BCUT2D eigenvalue weighted by Gasteiger charge is -2.15. The Hall–Kier alpha value is -2.99. The van der Waals surface area contributed by atoms with Gasteiger partial charge in [0.2, 0.25) is 0 Å². The van der Waals surface area contributed by atoms with Crippen molar-refractivity contribution < 1.29 is 24.2 Å². The summed E-state index contributed by atoms with van der Waals surface area (Å²) in [7, 11) is 2.94. The Kier molecular flexibility index (Phi) is 4.61. The number of imide groups is 1. The van der Waals surface area contributed by atoms with Crippen molar-refractivity contribution in [1.29, 1.82) is 0 Å². The summed E-state index contributed by atoms with van der Waals surface area (Å²) >= 11 is 6.09. The molecule has 1 N–H and O–H groups in total. The Bertz CT molecular complexity index is 951. The number of anilines is 1. The Labute approximate surface area is 155 Å². The molecule has 6 nitrogen and oxygen atoms in total. The summed E-state index contributed by atoms with van der Waals surface area (Å²) in [5, 5.41) is 10.7. The van der Waals surface area contributed by atoms with Crippen LogP contribution in [0.5, 0.6) is 11.5 Å². The largest absolute Gasteiger partial charge is 0.502 e. The highest BCUT2D eigenvalue weighted by molar-refractivity contribution is 6.45. The van der Waals surface area contributed by atoms with E-state index in [2.05, 4.69) is 0 Å². The molecule has 0 aromatic heterocycles. The van der Waals surface area contributed by atoms with Crippen LogP contribution in [0.1, 0.15) is 11.1 Å². The zero-order chi connectivity index (χ0) is 19.0. The molecule has 0 spiro atoms. The van der Waals surface area contributed by atoms with Gasteiger partial charge in [-0.2, -0.15) is 0 Å². The van der Waals surface area contributed by atoms with Crippen LogP contribution in [-0.2, 0) is 9.59 Å². The van der Waals surface area contributed by atoms with Crippen LogP contribution in [0.4, 0.5) is 5.69 Å². The third-order valence-corrected chi connectivity index (χ3v) is 4.55. The van der Waals surface area contributed by atoms with Crippen LogP contribution in [0.2, 0.25) is 5.02 Å². The van der Waals surface area contributed by atoms with Gasteiger partial charge in [-0.25, -0.2) is 4.90 Å². The number of rotatable bonds is 4. The van der Waals surface area contributed by atoms with Crippen LogP contribution in [0.3, 0.4) is 0 Å². The van der Waals surface area contributed by atoms with E-state index in [9.17, 15) is 14.7 Å². The minimum absolute atomic E-state index is 0.104. The predicted molar refractivity (Wildman–Crippen MR) is 97.8 cm³/mol. The van der Waals surface area contributed by atoms with E-state index in [1.807, 2.05) is 6.92 Å². The summed E-state index contributed by atoms with van der Waals surface area (Å²) in [5.74, 6) is -1.23. The molecule has 2 aromatic carbocycles. The van der Waals surface area contributed by atoms with E-state index in [4.69, 9.17) is 21.1 Å². The fraction of sp³-hybridized carbons (Fsp3) is 0.158. The van der Waals surface area contributed by atoms with Gasteiger partial charge in [0.15, 0.2) is 17.3 Å². The van der Waals surface area contributed by atoms with Crippen LogP contribution >= 0.6 is 11.6 Å². The molecule has 1 aliphatic rings. The van der Waals surface area contributed by atoms with Gasteiger partial charge in [0.05, 0.1) is 25.5 Å². The quantitative estimate of drug-likeness (QED) is 0.830. The molecule has 0 saturated carbocycles. The number of hydrogen-bond donors (Lipinski definition) is 1. The lowest BCUT2D eigenvalue weighted by atomic mass is 10.0. The maximum absolute atomic E-state index is 12.8. The fourth-order valence-electron chi connectivity index (χ4n) is 2.73. The van der Waals surface area contributed by atoms with Crippen LogP contribution in [0.15, 0.2) is 42.2 Å². The van der Waals surface area contributed by atoms with E-state index < -0.39 is 17.6 Å². The molecule has 0 aliphatic carbocycles. The first kappa shape index (κ1) is 17.8. The van der Waals surface area contributed by atoms with Gasteiger partial charge in [-0.1, -0.05) is 23.7 Å². The molecule has 1 aliphatic heterocycles. The van der Waals surface area contributed by atoms with Crippen molar-refractivity contribution in [3.8, 4) is 11.5 Å². The van der Waals surface area contributed by atoms with Crippen molar-refractivity contribution >= 4 is 34.7 Å². The molecule has 2 aromatic rings. The Morgan fingerprint density at radius 2 is 1.65 bits per heavy atom. The highest BCUT2D eigenvalue weighted by Crippen LogP contribution is 2.36. The number of carbonyl (C=O) groups excluding carboxylic acids is 2. The summed E-state index contributed by atoms with van der Waals surface area (Å²) in [5.41, 5.74) is 1.34. The maximum atomic E-state index is 12.8. The van der Waals surface area contributed by atoms with E-state index in [1.165, 1.54) is 26.4 Å². The number of nitrogens with zero attached hydrogens (tertiary/aromatic N) is 1. The number of amides is 2. The standard InChI is InChI=1S/C19H16ClNO5/c1-10-4-6-12(9-13(10)20)21-18(23)16(17(22)19(21)24)11-5-7-14(25-2)15(8-11)26-3/h4-9,22H,1-3H3. The van der Waals surface area contributed by atoms with Crippen LogP contribution in [-0.4, -0.2) is 31.1 Å². The molecule has 0 unspecified atom stereocenters. The number of benzene rings is 2. The Morgan fingerprint density at radius 1 is 0.962 bits per heavy atom. The average Bonchev–Trinajstić information content (AvgIpc) is 2.86. The fourth-order valence-corrected chi connectivity index (χ4v) is 2.90. The van der Waals surface area contributed by atoms with Crippen molar-refractivity contribution in [3.05, 3.63) is 58.3 Å². The van der Waals surface area contributed by atoms with Crippen LogP contribution in [0, 0.1) is 6.92 Å². The summed E-state index contributed by atoms with van der Waals surface area (Å²) < 4.78 is 10.4. The van der Waals surface area contributed by atoms with Gasteiger partial charge in [-0.15, -0.1) is 0 Å². The van der Waals surface area contributed by atoms with Crippen LogP contribution < -0.4 is 14.4 Å². The first-order chi connectivity index (χ1) is 12.4. The van der Waals surface area contributed by atoms with Gasteiger partial charge in [-0.3, -0.25) is 9.59 Å². The molecule has 1 heterocycles. The van der Waals surface area contributed by atoms with E-state index in [0.717, 1.165) is 10.5 Å². The average molecular weight is 374 g/mol. The van der Waals surface area contributed by atoms with Crippen molar-refractivity contribution in [1.82, 2.24) is 0 Å². The maximum Gasteiger partial charge on any atom is 0.301 e. The number of hydrogen-bond acceptors (Lipinski definition) is 5. The van der Waals surface area contributed by atoms with Crippen LogP contribution in [0.25, 0.3) is 5.57 Å². The van der Waals surface area contributed by atoms with Crippen molar-refractivity contribution in [2.45, 2.75) is 6.92 Å². The van der Waals surface area contributed by atoms with Gasteiger partial charge in [0, 0.05) is 5.02 Å². The lowest BCUT2D eigenvalue weighted by Crippen LogP contribution is -2.31. The molecule has 7 heteroatoms. The number of halogens is 1. The molecule has 0 atom stereocenters. The molecule has 0 fully saturated rings. The monoisotopic (exact) mass is 373 g/mol. The van der Waals surface area contributed by atoms with Crippen molar-refractivity contribution in [3.63, 3.8) is 0 Å². The van der Waals surface area contributed by atoms with Gasteiger partial charge < -0.3 is 14.6 Å². The van der Waals surface area contributed by atoms with Gasteiger partial charge in [0.1, 0.15) is 0 Å². The molecule has 0 radical (unpaired) electrons. The number of methoxy groups -OCH3 is 2. The molecule has 134 valence electrons. The highest BCUT2D eigenvalue weighted by atomic mass is 35.5. The topological polar surface area (TPSA) is 76.1 Å². The zero-order valence-electron chi connectivity index (χ0n) is 14.4. The summed E-state index contributed by atoms with van der Waals surface area (Å²) in [6.07, 6.45) is 0. The van der Waals surface area contributed by atoms with Crippen molar-refractivity contribution in [2.24, 2.45) is 0 Å². The number of aliphatic hydroxyl groups excluding tert-OH is 1. The van der Waals surface area contributed by atoms with Gasteiger partial charge >= 0.3 is 5.91 Å². The summed E-state index contributed by atoms with van der Waals surface area (Å²) in [6.45, 7) is 1.81. The third kappa shape index (κ3) is 2.78. The van der Waals surface area contributed by atoms with Gasteiger partial charge in [-0.05, 0) is 42.3 Å². The smallest absolute Gasteiger partial charge is 0.301 e. The second-order valence-corrected chi connectivity index (χ2v) is 6.08. The van der Waals surface area contributed by atoms with Crippen molar-refractivity contribution in [2.75, 3.05) is 19.1 Å². The molecule has 0 saturated heterocycles. The zero-order valence-corrected chi connectivity index (χ0v) is 15.1. The summed E-state index contributed by atoms with van der Waals surface area (Å²) in [4.78, 5) is 26.2. The molecule has 26 heavy (non-hydrogen) atoms. The Balaban J connectivity index is 2.05. The molecule has 0 bridgehead atoms. The number of aryl methyl sites for hydroxylation is 1. The number of carbonyl (C=O) groups is 2. The number of aliphatic hydroxyl groups is 1. The normalized spacial score (nSPS) is 14.2. The predicted octanol–water partition coefficient (Wildman–Crippen LogP) is 3.51. The second-order valence-electron chi connectivity index (χ2n) is 5.67. The molecular weight excluding hydrogens is 358 g/mol. The molecule has 3 rings (SSSR count). The second kappa shape index (κ2) is 6.72. The first-order valence-corrected chi connectivity index (χ1v) is 8.07. The van der Waals surface area contributed by atoms with E-state index in [1.54, 1.807) is 24.3 Å². The number of ether oxygens (including phenoxy) is 2. The Morgan fingerprint density at radius 3 is 2.27 bits per heavy atom. The minimum atomic E-state index is -0.806. The minimum Gasteiger partial charge on any atom is -0.502 e. The van der Waals surface area contributed by atoms with E-state index in [-0.39, 0.29) is 11.3 Å². The van der Waals surface area contributed by atoms with Gasteiger partial charge in [0.25, 0.3) is 5.91 Å². The van der Waals surface area contributed by atoms with E-state index >= 15 is 0 Å². The molecule has 2 amide bonds. The molecular formula is C19H16ClNO5. The lowest BCUT2D eigenvalue weighted by molar-refractivity contribution is -0.121. The van der Waals surface area contributed by atoms with E-state index in [0.29, 0.717) is 22.1 Å². The highest BCUT2D eigenvalue weighted by Gasteiger charge is 2.40.